The van der Waals surface area contributed by atoms with Gasteiger partial charge >= 0.3 is 0 Å². The molecule has 0 atom stereocenters. The molecule has 1 amide bonds. The largest absolute Gasteiger partial charge is 0.305 e. The third-order valence-corrected chi connectivity index (χ3v) is 2.13. The zero-order valence-electron chi connectivity index (χ0n) is 8.92. The highest BCUT2D eigenvalue weighted by Crippen LogP contribution is 2.05. The number of carbonyl (C=O) groups is 1. The predicted molar refractivity (Wildman–Crippen MR) is 60.1 cm³/mol. The van der Waals surface area contributed by atoms with Gasteiger partial charge in [0.25, 0.3) is 5.91 Å². The first kappa shape index (κ1) is 10.4. The maximum Gasteiger partial charge on any atom is 0.258 e. The molecule has 0 saturated carbocycles. The first-order chi connectivity index (χ1) is 7.79. The Labute approximate surface area is 93.1 Å². The van der Waals surface area contributed by atoms with Crippen LogP contribution in [0.2, 0.25) is 0 Å². The summed E-state index contributed by atoms with van der Waals surface area (Å²) in [7, 11) is 0. The number of pyridine rings is 1. The average molecular weight is 216 g/mol. The lowest BCUT2D eigenvalue weighted by Gasteiger charge is -2.00. The Balaban J connectivity index is 2.08. The van der Waals surface area contributed by atoms with Crippen molar-refractivity contribution in [3.63, 3.8) is 0 Å². The summed E-state index contributed by atoms with van der Waals surface area (Å²) in [4.78, 5) is 15.6. The molecule has 2 rings (SSSR count). The number of rotatable bonds is 3. The van der Waals surface area contributed by atoms with Gasteiger partial charge in [-0.25, -0.2) is 0 Å². The summed E-state index contributed by atoms with van der Waals surface area (Å²) in [5.74, 6) is 0.352. The number of nitrogens with zero attached hydrogens (tertiary/aromatic N) is 3. The molecular formula is C11H12N4O. The second-order valence-electron chi connectivity index (χ2n) is 3.25. The Morgan fingerprint density at radius 3 is 3.00 bits per heavy atom. The van der Waals surface area contributed by atoms with Gasteiger partial charge in [-0.05, 0) is 19.1 Å². The lowest BCUT2D eigenvalue weighted by atomic mass is 10.3. The summed E-state index contributed by atoms with van der Waals surface area (Å²) < 4.78 is 1.75. The molecule has 0 aliphatic heterocycles. The van der Waals surface area contributed by atoms with Crippen LogP contribution in [0.5, 0.6) is 0 Å². The van der Waals surface area contributed by atoms with Crippen LogP contribution in [-0.4, -0.2) is 20.7 Å². The highest BCUT2D eigenvalue weighted by molar-refractivity contribution is 6.03. The van der Waals surface area contributed by atoms with Crippen molar-refractivity contribution in [2.45, 2.75) is 13.5 Å². The van der Waals surface area contributed by atoms with Crippen LogP contribution in [0.25, 0.3) is 0 Å². The molecule has 5 heteroatoms. The lowest BCUT2D eigenvalue weighted by molar-refractivity contribution is 0.102. The predicted octanol–water partition coefficient (Wildman–Crippen LogP) is 1.55. The van der Waals surface area contributed by atoms with Crippen LogP contribution in [0, 0.1) is 0 Å². The monoisotopic (exact) mass is 216 g/mol. The molecule has 0 fully saturated rings. The number of carbonyl (C=O) groups excluding carboxylic acids is 1. The number of hydrogen-bond donors (Lipinski definition) is 1. The number of amides is 1. The molecule has 2 heterocycles. The van der Waals surface area contributed by atoms with E-state index in [1.165, 1.54) is 6.20 Å². The maximum absolute atomic E-state index is 11.7. The smallest absolute Gasteiger partial charge is 0.258 e. The number of anilines is 1. The van der Waals surface area contributed by atoms with Crippen LogP contribution in [0.4, 0.5) is 5.82 Å². The van der Waals surface area contributed by atoms with Gasteiger partial charge in [-0.15, -0.1) is 0 Å². The molecule has 0 aliphatic rings. The molecule has 82 valence electrons. The number of hydrogen-bond acceptors (Lipinski definition) is 3. The van der Waals surface area contributed by atoms with Gasteiger partial charge in [0.05, 0.1) is 5.56 Å². The molecule has 2 aromatic heterocycles. The molecular weight excluding hydrogens is 204 g/mol. The summed E-state index contributed by atoms with van der Waals surface area (Å²) in [5, 5.41) is 6.86. The minimum Gasteiger partial charge on any atom is -0.305 e. The van der Waals surface area contributed by atoms with Crippen molar-refractivity contribution in [2.24, 2.45) is 0 Å². The van der Waals surface area contributed by atoms with E-state index in [-0.39, 0.29) is 5.91 Å². The van der Waals surface area contributed by atoms with Gasteiger partial charge in [-0.3, -0.25) is 14.5 Å². The zero-order valence-corrected chi connectivity index (χ0v) is 8.92. The van der Waals surface area contributed by atoms with Gasteiger partial charge in [0.1, 0.15) is 0 Å². The van der Waals surface area contributed by atoms with Gasteiger partial charge in [0.2, 0.25) is 0 Å². The molecule has 1 N–H and O–H groups in total. The van der Waals surface area contributed by atoms with E-state index >= 15 is 0 Å². The fraction of sp³-hybridized carbons (Fsp3) is 0.182. The molecule has 0 radical (unpaired) electrons. The number of aromatic nitrogens is 3. The van der Waals surface area contributed by atoms with Crippen molar-refractivity contribution >= 4 is 11.7 Å². The van der Waals surface area contributed by atoms with Crippen LogP contribution in [-0.2, 0) is 6.54 Å². The average Bonchev–Trinajstić information content (AvgIpc) is 2.78. The molecule has 0 aromatic carbocycles. The summed E-state index contributed by atoms with van der Waals surface area (Å²) in [5.41, 5.74) is 0.522. The molecule has 0 aliphatic carbocycles. The highest BCUT2D eigenvalue weighted by atomic mass is 16.1. The van der Waals surface area contributed by atoms with E-state index in [2.05, 4.69) is 15.4 Å². The second kappa shape index (κ2) is 4.57. The van der Waals surface area contributed by atoms with E-state index in [0.29, 0.717) is 11.4 Å². The Morgan fingerprint density at radius 1 is 1.50 bits per heavy atom. The quantitative estimate of drug-likeness (QED) is 0.846. The van der Waals surface area contributed by atoms with Crippen molar-refractivity contribution < 1.29 is 4.79 Å². The first-order valence-corrected chi connectivity index (χ1v) is 5.04. The Morgan fingerprint density at radius 2 is 2.38 bits per heavy atom. The number of nitrogens with one attached hydrogen (secondary N) is 1. The summed E-state index contributed by atoms with van der Waals surface area (Å²) in [6.45, 7) is 2.77. The fourth-order valence-electron chi connectivity index (χ4n) is 1.29. The van der Waals surface area contributed by atoms with E-state index in [4.69, 9.17) is 0 Å². The minimum atomic E-state index is -0.200. The molecule has 16 heavy (non-hydrogen) atoms. The van der Waals surface area contributed by atoms with Crippen LogP contribution in [0.3, 0.4) is 0 Å². The summed E-state index contributed by atoms with van der Waals surface area (Å²) >= 11 is 0. The van der Waals surface area contributed by atoms with Crippen LogP contribution in [0.15, 0.2) is 36.8 Å². The van der Waals surface area contributed by atoms with Gasteiger partial charge in [-0.1, -0.05) is 0 Å². The van der Waals surface area contributed by atoms with E-state index in [9.17, 15) is 4.79 Å². The summed E-state index contributed by atoms with van der Waals surface area (Å²) in [6.07, 6.45) is 4.97. The van der Waals surface area contributed by atoms with Gasteiger partial charge in [-0.2, -0.15) is 5.10 Å². The Kier molecular flexibility index (Phi) is 2.95. The van der Waals surface area contributed by atoms with E-state index in [1.807, 2.05) is 13.1 Å². The SMILES string of the molecule is CCn1ccc(NC(=O)c2cccnc2)n1. The van der Waals surface area contributed by atoms with Crippen LogP contribution in [0.1, 0.15) is 17.3 Å². The standard InChI is InChI=1S/C11H12N4O/c1-2-15-7-5-10(14-15)13-11(16)9-4-3-6-12-8-9/h3-8H,2H2,1H3,(H,13,14,16). The topological polar surface area (TPSA) is 59.8 Å². The lowest BCUT2D eigenvalue weighted by Crippen LogP contribution is -2.12. The van der Waals surface area contributed by atoms with Crippen molar-refractivity contribution in [2.75, 3.05) is 5.32 Å². The van der Waals surface area contributed by atoms with E-state index < -0.39 is 0 Å². The zero-order chi connectivity index (χ0) is 11.4. The fourth-order valence-corrected chi connectivity index (χ4v) is 1.29. The van der Waals surface area contributed by atoms with Gasteiger partial charge in [0.15, 0.2) is 5.82 Å². The maximum atomic E-state index is 11.7. The van der Waals surface area contributed by atoms with Crippen LogP contribution < -0.4 is 5.32 Å². The molecule has 0 bridgehead atoms. The van der Waals surface area contributed by atoms with E-state index in [1.54, 1.807) is 29.1 Å². The normalized spacial score (nSPS) is 10.1. The molecule has 0 saturated heterocycles. The Bertz CT molecular complexity index is 478. The number of aryl methyl sites for hydroxylation is 1. The third-order valence-electron chi connectivity index (χ3n) is 2.13. The van der Waals surface area contributed by atoms with Gasteiger partial charge in [0, 0.05) is 31.2 Å². The van der Waals surface area contributed by atoms with Crippen molar-refractivity contribution in [1.82, 2.24) is 14.8 Å². The molecule has 5 nitrogen and oxygen atoms in total. The second-order valence-corrected chi connectivity index (χ2v) is 3.25. The van der Waals surface area contributed by atoms with Crippen molar-refractivity contribution in [1.29, 1.82) is 0 Å². The molecule has 0 unspecified atom stereocenters. The van der Waals surface area contributed by atoms with Gasteiger partial charge < -0.3 is 5.32 Å². The molecule has 2 aromatic rings. The van der Waals surface area contributed by atoms with Crippen molar-refractivity contribution in [3.8, 4) is 0 Å². The van der Waals surface area contributed by atoms with E-state index in [0.717, 1.165) is 6.54 Å². The highest BCUT2D eigenvalue weighted by Gasteiger charge is 2.06. The summed E-state index contributed by atoms with van der Waals surface area (Å²) in [6, 6.07) is 5.19. The first-order valence-electron chi connectivity index (χ1n) is 5.04. The molecule has 0 spiro atoms. The minimum absolute atomic E-state index is 0.200. The third kappa shape index (κ3) is 2.25. The van der Waals surface area contributed by atoms with Crippen molar-refractivity contribution in [3.05, 3.63) is 42.4 Å². The van der Waals surface area contributed by atoms with Crippen LogP contribution >= 0.6 is 0 Å². The Hall–Kier alpha value is -2.17.